The largest absolute Gasteiger partial charge is 0.454 e. The third kappa shape index (κ3) is 5.29. The van der Waals surface area contributed by atoms with E-state index >= 15 is 0 Å². The summed E-state index contributed by atoms with van der Waals surface area (Å²) in [5.41, 5.74) is -0.0203. The van der Waals surface area contributed by atoms with Crippen LogP contribution in [0.5, 0.6) is 0 Å². The van der Waals surface area contributed by atoms with Gasteiger partial charge in [0.15, 0.2) is 6.61 Å². The number of rotatable bonds is 8. The molecule has 1 aliphatic heterocycles. The molecule has 0 saturated carbocycles. The number of fused-ring (bicyclic) bond motifs is 1. The normalized spacial score (nSPS) is 13.6. The quantitative estimate of drug-likeness (QED) is 0.175. The second-order valence-electron chi connectivity index (χ2n) is 7.31. The Kier molecular flexibility index (Phi) is 8.71. The molecule has 1 aliphatic rings. The van der Waals surface area contributed by atoms with Gasteiger partial charge in [-0.25, -0.2) is 4.79 Å². The van der Waals surface area contributed by atoms with Crippen LogP contribution in [0.3, 0.4) is 0 Å². The molecule has 0 fully saturated rings. The number of halogens is 5. The standard InChI is InChI=1S/C22H17Cl5N2O5/c1-2-3-4-12(22(33)34-9-13(30)28-11-7-5-10(23)6-8-11)29-20(31)14-15(21(29)32)17(25)19(27)18(26)16(14)24/h5-8,12H,2-4,9H2,1H3,(H,28,30)/t12-/m1/s1. The fourth-order valence-electron chi connectivity index (χ4n) is 3.36. The number of unbranched alkanes of at least 4 members (excludes halogenated alkanes) is 1. The first-order valence-corrected chi connectivity index (χ1v) is 11.9. The molecule has 12 heteroatoms. The summed E-state index contributed by atoms with van der Waals surface area (Å²) in [6.45, 7) is 1.24. The predicted octanol–water partition coefficient (Wildman–Crippen LogP) is 6.29. The summed E-state index contributed by atoms with van der Waals surface area (Å²) in [4.78, 5) is 52.1. The fourth-order valence-corrected chi connectivity index (χ4v) is 4.50. The Morgan fingerprint density at radius 1 is 0.912 bits per heavy atom. The van der Waals surface area contributed by atoms with Gasteiger partial charge in [-0.2, -0.15) is 0 Å². The number of anilines is 1. The van der Waals surface area contributed by atoms with Crippen LogP contribution in [0.4, 0.5) is 5.69 Å². The minimum Gasteiger partial charge on any atom is -0.454 e. The second-order valence-corrected chi connectivity index (χ2v) is 9.26. The molecule has 0 unspecified atom stereocenters. The lowest BCUT2D eigenvalue weighted by Gasteiger charge is -2.24. The van der Waals surface area contributed by atoms with E-state index in [1.54, 1.807) is 24.3 Å². The molecule has 0 radical (unpaired) electrons. The van der Waals surface area contributed by atoms with Crippen molar-refractivity contribution in [3.8, 4) is 0 Å². The van der Waals surface area contributed by atoms with Gasteiger partial charge in [-0.1, -0.05) is 77.8 Å². The van der Waals surface area contributed by atoms with Crippen molar-refractivity contribution in [1.82, 2.24) is 4.90 Å². The molecule has 7 nitrogen and oxygen atoms in total. The van der Waals surface area contributed by atoms with Crippen LogP contribution in [-0.4, -0.2) is 41.2 Å². The molecule has 0 bridgehead atoms. The van der Waals surface area contributed by atoms with Crippen molar-refractivity contribution in [1.29, 1.82) is 0 Å². The molecule has 180 valence electrons. The number of carbonyl (C=O) groups excluding carboxylic acids is 4. The third-order valence-electron chi connectivity index (χ3n) is 5.02. The van der Waals surface area contributed by atoms with Crippen LogP contribution in [0.25, 0.3) is 0 Å². The Labute approximate surface area is 220 Å². The molecule has 3 rings (SSSR count). The van der Waals surface area contributed by atoms with Gasteiger partial charge in [0.2, 0.25) is 0 Å². The minimum absolute atomic E-state index is 0.107. The van der Waals surface area contributed by atoms with Crippen LogP contribution in [0.2, 0.25) is 25.1 Å². The van der Waals surface area contributed by atoms with E-state index in [2.05, 4.69) is 5.32 Å². The number of hydrogen-bond donors (Lipinski definition) is 1. The van der Waals surface area contributed by atoms with Crippen molar-refractivity contribution >= 4 is 87.4 Å². The number of esters is 1. The molecular formula is C22H17Cl5N2O5. The molecule has 34 heavy (non-hydrogen) atoms. The minimum atomic E-state index is -1.31. The van der Waals surface area contributed by atoms with E-state index in [1.165, 1.54) is 0 Å². The zero-order chi connectivity index (χ0) is 25.2. The van der Waals surface area contributed by atoms with Gasteiger partial charge in [0.05, 0.1) is 31.2 Å². The average molecular weight is 567 g/mol. The molecule has 0 spiro atoms. The van der Waals surface area contributed by atoms with E-state index in [0.717, 1.165) is 4.90 Å². The topological polar surface area (TPSA) is 92.8 Å². The number of imide groups is 1. The molecule has 1 heterocycles. The maximum absolute atomic E-state index is 13.1. The lowest BCUT2D eigenvalue weighted by Crippen LogP contribution is -2.46. The third-order valence-corrected chi connectivity index (χ3v) is 7.07. The molecule has 0 aromatic heterocycles. The summed E-state index contributed by atoms with van der Waals surface area (Å²) in [5, 5.41) is 2.21. The molecule has 2 aromatic carbocycles. The molecule has 3 amide bonds. The maximum atomic E-state index is 13.1. The molecule has 1 atom stereocenters. The van der Waals surface area contributed by atoms with Gasteiger partial charge in [-0.15, -0.1) is 0 Å². The zero-order valence-electron chi connectivity index (χ0n) is 17.6. The Morgan fingerprint density at radius 3 is 1.94 bits per heavy atom. The van der Waals surface area contributed by atoms with Crippen LogP contribution in [-0.2, 0) is 14.3 Å². The van der Waals surface area contributed by atoms with E-state index in [9.17, 15) is 19.2 Å². The smallest absolute Gasteiger partial charge is 0.329 e. The first kappa shape index (κ1) is 26.6. The number of nitrogens with one attached hydrogen (secondary N) is 1. The van der Waals surface area contributed by atoms with E-state index in [-0.39, 0.29) is 37.6 Å². The van der Waals surface area contributed by atoms with Crippen LogP contribution < -0.4 is 5.32 Å². The van der Waals surface area contributed by atoms with Crippen molar-refractivity contribution in [2.45, 2.75) is 32.2 Å². The summed E-state index contributed by atoms with van der Waals surface area (Å²) in [6.07, 6.45) is 1.27. The molecular weight excluding hydrogens is 550 g/mol. The van der Waals surface area contributed by atoms with Crippen molar-refractivity contribution in [2.24, 2.45) is 0 Å². The number of benzene rings is 2. The maximum Gasteiger partial charge on any atom is 0.329 e. The molecule has 0 saturated heterocycles. The number of amides is 3. The van der Waals surface area contributed by atoms with Crippen molar-refractivity contribution < 1.29 is 23.9 Å². The predicted molar refractivity (Wildman–Crippen MR) is 131 cm³/mol. The fraction of sp³-hybridized carbons (Fsp3) is 0.273. The number of carbonyl (C=O) groups is 4. The SMILES string of the molecule is CCCC[C@H](C(=O)OCC(=O)Nc1ccc(Cl)cc1)N1C(=O)c2c(Cl)c(Cl)c(Cl)c(Cl)c2C1=O. The second kappa shape index (κ2) is 11.1. The van der Waals surface area contributed by atoms with Gasteiger partial charge in [0, 0.05) is 10.7 Å². The van der Waals surface area contributed by atoms with E-state index in [0.29, 0.717) is 23.6 Å². The number of ether oxygens (including phenoxy) is 1. The highest BCUT2D eigenvalue weighted by Crippen LogP contribution is 2.45. The summed E-state index contributed by atoms with van der Waals surface area (Å²) < 4.78 is 5.13. The highest BCUT2D eigenvalue weighted by Gasteiger charge is 2.47. The van der Waals surface area contributed by atoms with Crippen molar-refractivity contribution in [3.05, 3.63) is 60.5 Å². The first-order valence-electron chi connectivity index (χ1n) is 10.0. The lowest BCUT2D eigenvalue weighted by molar-refractivity contribution is -0.151. The summed E-state index contributed by atoms with van der Waals surface area (Å²) in [6, 6.07) is 5.02. The Balaban J connectivity index is 1.80. The summed E-state index contributed by atoms with van der Waals surface area (Å²) in [7, 11) is 0. The highest BCUT2D eigenvalue weighted by atomic mass is 35.5. The lowest BCUT2D eigenvalue weighted by atomic mass is 10.1. The Morgan fingerprint density at radius 2 is 1.44 bits per heavy atom. The molecule has 2 aromatic rings. The van der Waals surface area contributed by atoms with Gasteiger partial charge in [-0.3, -0.25) is 19.3 Å². The van der Waals surface area contributed by atoms with Gasteiger partial charge in [-0.05, 0) is 30.7 Å². The van der Waals surface area contributed by atoms with Gasteiger partial charge < -0.3 is 10.1 Å². The van der Waals surface area contributed by atoms with E-state index < -0.39 is 36.3 Å². The summed E-state index contributed by atoms with van der Waals surface area (Å²) in [5.74, 6) is -3.25. The van der Waals surface area contributed by atoms with E-state index in [1.807, 2.05) is 6.92 Å². The Hall–Kier alpha value is -2.03. The molecule has 0 aliphatic carbocycles. The molecule has 1 N–H and O–H groups in total. The van der Waals surface area contributed by atoms with Crippen LogP contribution in [0.15, 0.2) is 24.3 Å². The monoisotopic (exact) mass is 564 g/mol. The number of hydrogen-bond acceptors (Lipinski definition) is 5. The van der Waals surface area contributed by atoms with Gasteiger partial charge in [0.1, 0.15) is 6.04 Å². The van der Waals surface area contributed by atoms with Gasteiger partial charge >= 0.3 is 5.97 Å². The first-order chi connectivity index (χ1) is 16.1. The highest BCUT2D eigenvalue weighted by molar-refractivity contribution is 6.55. The Bertz CT molecular complexity index is 1120. The summed E-state index contributed by atoms with van der Waals surface area (Å²) >= 11 is 30.2. The van der Waals surface area contributed by atoms with Crippen LogP contribution in [0.1, 0.15) is 46.9 Å². The number of nitrogens with zero attached hydrogens (tertiary/aromatic N) is 1. The van der Waals surface area contributed by atoms with Crippen LogP contribution >= 0.6 is 58.0 Å². The van der Waals surface area contributed by atoms with Crippen LogP contribution in [0, 0.1) is 0 Å². The van der Waals surface area contributed by atoms with E-state index in [4.69, 9.17) is 62.7 Å². The zero-order valence-corrected chi connectivity index (χ0v) is 21.4. The average Bonchev–Trinajstić information content (AvgIpc) is 3.07. The van der Waals surface area contributed by atoms with Crippen molar-refractivity contribution in [3.63, 3.8) is 0 Å². The van der Waals surface area contributed by atoms with Crippen molar-refractivity contribution in [2.75, 3.05) is 11.9 Å². The van der Waals surface area contributed by atoms with Gasteiger partial charge in [0.25, 0.3) is 17.7 Å².